The van der Waals surface area contributed by atoms with Gasteiger partial charge in [-0.25, -0.2) is 0 Å². The van der Waals surface area contributed by atoms with E-state index in [1.165, 1.54) is 7.11 Å². The van der Waals surface area contributed by atoms with Crippen molar-refractivity contribution in [2.24, 2.45) is 5.92 Å². The molecule has 0 aromatic heterocycles. The number of phenols is 1. The quantitative estimate of drug-likeness (QED) is 0.718. The fourth-order valence-electron chi connectivity index (χ4n) is 1.94. The highest BCUT2D eigenvalue weighted by atomic mass is 79.9. The molecule has 108 valence electrons. The van der Waals surface area contributed by atoms with E-state index in [4.69, 9.17) is 9.84 Å². The van der Waals surface area contributed by atoms with Crippen molar-refractivity contribution in [2.75, 3.05) is 13.7 Å². The minimum Gasteiger partial charge on any atom is -0.504 e. The molecule has 0 fully saturated rings. The van der Waals surface area contributed by atoms with Crippen molar-refractivity contribution in [3.8, 4) is 11.5 Å². The normalized spacial score (nSPS) is 12.7. The van der Waals surface area contributed by atoms with E-state index in [0.717, 1.165) is 16.5 Å². The van der Waals surface area contributed by atoms with Crippen LogP contribution < -0.4 is 10.1 Å². The number of hydrogen-bond acceptors (Lipinski definition) is 4. The number of aliphatic hydroxyl groups excluding tert-OH is 1. The van der Waals surface area contributed by atoms with Gasteiger partial charge in [-0.15, -0.1) is 0 Å². The maximum atomic E-state index is 9.66. The Labute approximate surface area is 122 Å². The summed E-state index contributed by atoms with van der Waals surface area (Å²) in [6, 6.07) is 3.70. The first-order valence-corrected chi connectivity index (χ1v) is 7.18. The third-order valence-electron chi connectivity index (χ3n) is 3.15. The van der Waals surface area contributed by atoms with Crippen molar-refractivity contribution in [1.82, 2.24) is 5.32 Å². The molecule has 1 rings (SSSR count). The summed E-state index contributed by atoms with van der Waals surface area (Å²) in [5, 5.41) is 22.1. The summed E-state index contributed by atoms with van der Waals surface area (Å²) in [4.78, 5) is 0. The number of nitrogens with one attached hydrogen (secondary N) is 1. The molecule has 0 aliphatic rings. The Morgan fingerprint density at radius 2 is 2.05 bits per heavy atom. The molecular formula is C14H22BrNO3. The predicted octanol–water partition coefficient (Wildman–Crippen LogP) is 2.66. The van der Waals surface area contributed by atoms with Crippen molar-refractivity contribution in [1.29, 1.82) is 0 Å². The van der Waals surface area contributed by atoms with Gasteiger partial charge in [0.2, 0.25) is 0 Å². The van der Waals surface area contributed by atoms with Crippen molar-refractivity contribution in [3.63, 3.8) is 0 Å². The zero-order chi connectivity index (χ0) is 14.4. The van der Waals surface area contributed by atoms with Crippen LogP contribution in [-0.2, 0) is 6.54 Å². The molecule has 0 bridgehead atoms. The number of ether oxygens (including phenoxy) is 1. The largest absolute Gasteiger partial charge is 0.504 e. The number of methoxy groups -OCH3 is 1. The molecule has 0 radical (unpaired) electrons. The Morgan fingerprint density at radius 1 is 1.37 bits per heavy atom. The summed E-state index contributed by atoms with van der Waals surface area (Å²) in [6.45, 7) is 5.08. The second kappa shape index (κ2) is 7.72. The number of halogens is 1. The molecule has 1 aromatic carbocycles. The van der Waals surface area contributed by atoms with E-state index >= 15 is 0 Å². The molecule has 0 heterocycles. The molecule has 1 unspecified atom stereocenters. The Kier molecular flexibility index (Phi) is 6.62. The second-order valence-electron chi connectivity index (χ2n) is 4.86. The topological polar surface area (TPSA) is 61.7 Å². The smallest absolute Gasteiger partial charge is 0.160 e. The third-order valence-corrected chi connectivity index (χ3v) is 3.89. The molecule has 1 aromatic rings. The Balaban J connectivity index is 2.76. The van der Waals surface area contributed by atoms with Gasteiger partial charge in [-0.2, -0.15) is 0 Å². The van der Waals surface area contributed by atoms with Crippen LogP contribution in [0.15, 0.2) is 16.6 Å². The highest BCUT2D eigenvalue weighted by molar-refractivity contribution is 9.10. The maximum absolute atomic E-state index is 9.66. The summed E-state index contributed by atoms with van der Waals surface area (Å²) in [6.07, 6.45) is 0.727. The van der Waals surface area contributed by atoms with Crippen molar-refractivity contribution < 1.29 is 14.9 Å². The molecule has 0 amide bonds. The fourth-order valence-corrected chi connectivity index (χ4v) is 2.41. The first-order valence-electron chi connectivity index (χ1n) is 6.39. The van der Waals surface area contributed by atoms with Crippen LogP contribution in [0.1, 0.15) is 25.8 Å². The minimum atomic E-state index is 0.119. The zero-order valence-electron chi connectivity index (χ0n) is 11.6. The van der Waals surface area contributed by atoms with Gasteiger partial charge in [-0.05, 0) is 30.0 Å². The van der Waals surface area contributed by atoms with Crippen LogP contribution in [0, 0.1) is 5.92 Å². The molecule has 3 N–H and O–H groups in total. The van der Waals surface area contributed by atoms with Gasteiger partial charge in [-0.3, -0.25) is 0 Å². The van der Waals surface area contributed by atoms with Crippen LogP contribution in [0.25, 0.3) is 0 Å². The van der Waals surface area contributed by atoms with Crippen molar-refractivity contribution in [2.45, 2.75) is 32.9 Å². The van der Waals surface area contributed by atoms with Gasteiger partial charge >= 0.3 is 0 Å². The lowest BCUT2D eigenvalue weighted by Gasteiger charge is -2.22. The van der Waals surface area contributed by atoms with Crippen LogP contribution >= 0.6 is 15.9 Å². The number of hydrogen-bond donors (Lipinski definition) is 3. The Morgan fingerprint density at radius 3 is 2.58 bits per heavy atom. The van der Waals surface area contributed by atoms with Crippen molar-refractivity contribution >= 4 is 15.9 Å². The number of aliphatic hydroxyl groups is 1. The molecule has 1 atom stereocenters. The molecule has 0 aliphatic heterocycles. The molecule has 0 saturated heterocycles. The van der Waals surface area contributed by atoms with Crippen molar-refractivity contribution in [3.05, 3.63) is 22.2 Å². The molecule has 0 spiro atoms. The summed E-state index contributed by atoms with van der Waals surface area (Å²) in [5.41, 5.74) is 1.01. The number of rotatable bonds is 7. The third kappa shape index (κ3) is 4.67. The van der Waals surface area contributed by atoms with E-state index in [0.29, 0.717) is 18.2 Å². The first kappa shape index (κ1) is 16.3. The van der Waals surface area contributed by atoms with Crippen LogP contribution in [0.4, 0.5) is 0 Å². The lowest BCUT2D eigenvalue weighted by Crippen LogP contribution is -2.34. The highest BCUT2D eigenvalue weighted by Gasteiger charge is 2.14. The summed E-state index contributed by atoms with van der Waals surface area (Å²) >= 11 is 3.43. The van der Waals surface area contributed by atoms with E-state index in [2.05, 4.69) is 35.1 Å². The van der Waals surface area contributed by atoms with E-state index in [9.17, 15) is 5.11 Å². The first-order chi connectivity index (χ1) is 8.99. The molecule has 0 aliphatic carbocycles. The van der Waals surface area contributed by atoms with Crippen LogP contribution in [0.5, 0.6) is 11.5 Å². The van der Waals surface area contributed by atoms with Gasteiger partial charge in [-0.1, -0.05) is 29.8 Å². The van der Waals surface area contributed by atoms with Gasteiger partial charge < -0.3 is 20.3 Å². The lowest BCUT2D eigenvalue weighted by atomic mass is 10.0. The fraction of sp³-hybridized carbons (Fsp3) is 0.571. The Hall–Kier alpha value is -0.780. The summed E-state index contributed by atoms with van der Waals surface area (Å²) < 4.78 is 5.94. The molecular weight excluding hydrogens is 310 g/mol. The SMILES string of the molecule is COc1cc(CNC(CCO)C(C)C)c(Br)cc1O. The van der Waals surface area contributed by atoms with Crippen LogP contribution in [0.2, 0.25) is 0 Å². The molecule has 4 nitrogen and oxygen atoms in total. The second-order valence-corrected chi connectivity index (χ2v) is 5.71. The average Bonchev–Trinajstić information content (AvgIpc) is 2.36. The van der Waals surface area contributed by atoms with Gasteiger partial charge in [0.15, 0.2) is 11.5 Å². The highest BCUT2D eigenvalue weighted by Crippen LogP contribution is 2.32. The van der Waals surface area contributed by atoms with E-state index < -0.39 is 0 Å². The van der Waals surface area contributed by atoms with Gasteiger partial charge in [0.05, 0.1) is 7.11 Å². The number of aromatic hydroxyl groups is 1. The number of benzene rings is 1. The van der Waals surface area contributed by atoms with Crippen LogP contribution in [-0.4, -0.2) is 30.0 Å². The lowest BCUT2D eigenvalue weighted by molar-refractivity contribution is 0.243. The monoisotopic (exact) mass is 331 g/mol. The van der Waals surface area contributed by atoms with Crippen LogP contribution in [0.3, 0.4) is 0 Å². The minimum absolute atomic E-state index is 0.119. The van der Waals surface area contributed by atoms with E-state index in [1.807, 2.05) is 6.07 Å². The van der Waals surface area contributed by atoms with Gasteiger partial charge in [0.25, 0.3) is 0 Å². The number of phenolic OH excluding ortho intramolecular Hbond substituents is 1. The molecule has 0 saturated carbocycles. The molecule has 19 heavy (non-hydrogen) atoms. The van der Waals surface area contributed by atoms with Gasteiger partial charge in [0, 0.05) is 23.7 Å². The van der Waals surface area contributed by atoms with E-state index in [1.54, 1.807) is 6.07 Å². The van der Waals surface area contributed by atoms with Gasteiger partial charge in [0.1, 0.15) is 0 Å². The molecule has 5 heteroatoms. The standard InChI is InChI=1S/C14H22BrNO3/c1-9(2)12(4-5-17)16-8-10-6-14(19-3)13(18)7-11(10)15/h6-7,9,12,16-18H,4-5,8H2,1-3H3. The zero-order valence-corrected chi connectivity index (χ0v) is 13.2. The Bertz CT molecular complexity index is 410. The predicted molar refractivity (Wildman–Crippen MR) is 79.5 cm³/mol. The van der Waals surface area contributed by atoms with E-state index in [-0.39, 0.29) is 18.4 Å². The summed E-state index contributed by atoms with van der Waals surface area (Å²) in [7, 11) is 1.53. The summed E-state index contributed by atoms with van der Waals surface area (Å²) in [5.74, 6) is 1.03. The average molecular weight is 332 g/mol. The maximum Gasteiger partial charge on any atom is 0.160 e.